The molecule has 0 aliphatic carbocycles. The summed E-state index contributed by atoms with van der Waals surface area (Å²) < 4.78 is 6.17. The van der Waals surface area contributed by atoms with Crippen LogP contribution >= 0.6 is 0 Å². The summed E-state index contributed by atoms with van der Waals surface area (Å²) in [4.78, 5) is 29.8. The number of nitrogens with zero attached hydrogens (tertiary/aromatic N) is 1. The number of hydrogen-bond donors (Lipinski definition) is 2. The molecule has 3 aliphatic rings. The second-order valence-corrected chi connectivity index (χ2v) is 9.30. The Bertz CT molecular complexity index is 1140. The summed E-state index contributed by atoms with van der Waals surface area (Å²) in [6.07, 6.45) is 5.45. The van der Waals surface area contributed by atoms with E-state index >= 15 is 0 Å². The van der Waals surface area contributed by atoms with Crippen molar-refractivity contribution in [2.24, 2.45) is 0 Å². The Labute approximate surface area is 192 Å². The zero-order chi connectivity index (χ0) is 23.2. The molecule has 2 N–H and O–H groups in total. The number of fused-ring (bicyclic) bond motifs is 1. The van der Waals surface area contributed by atoms with Crippen LogP contribution in [0.5, 0.6) is 11.5 Å². The normalized spacial score (nSPS) is 27.1. The second-order valence-electron chi connectivity index (χ2n) is 9.30. The lowest BCUT2D eigenvalue weighted by atomic mass is 9.78. The Morgan fingerprint density at radius 1 is 1.30 bits per heavy atom. The van der Waals surface area contributed by atoms with E-state index in [4.69, 9.17) is 9.57 Å². The molecule has 7 nitrogen and oxygen atoms in total. The number of benzene rings is 2. The molecule has 0 spiro atoms. The van der Waals surface area contributed by atoms with Crippen LogP contribution in [0.3, 0.4) is 0 Å². The molecule has 3 atom stereocenters. The molecule has 1 unspecified atom stereocenters. The quantitative estimate of drug-likeness (QED) is 0.481. The number of aryl methyl sites for hydroxylation is 1. The maximum Gasteiger partial charge on any atom is 0.431 e. The van der Waals surface area contributed by atoms with Crippen LogP contribution in [-0.2, 0) is 20.8 Å². The van der Waals surface area contributed by atoms with Crippen LogP contribution in [0.4, 0.5) is 5.69 Å². The van der Waals surface area contributed by atoms with E-state index in [1.807, 2.05) is 31.2 Å². The maximum absolute atomic E-state index is 12.6. The predicted molar refractivity (Wildman–Crippen MR) is 123 cm³/mol. The van der Waals surface area contributed by atoms with E-state index in [0.717, 1.165) is 31.8 Å². The molecule has 3 heterocycles. The minimum atomic E-state index is -1.11. The number of aromatic hydroxyl groups is 1. The van der Waals surface area contributed by atoms with Gasteiger partial charge in [-0.2, -0.15) is 0 Å². The lowest BCUT2D eigenvalue weighted by molar-refractivity contribution is -0.269. The molecule has 0 amide bonds. The summed E-state index contributed by atoms with van der Waals surface area (Å²) in [5, 5.41) is 20.3. The SMILES string of the molecule is C[C@H](CCCc1ccccc1)Oc1cc(O)c2c(c1)[N+]13CCC[C@]1(CC2=CC(=O)O)C(=O)O3. The highest BCUT2D eigenvalue weighted by molar-refractivity contribution is 6.02. The van der Waals surface area contributed by atoms with Gasteiger partial charge in [0.2, 0.25) is 5.54 Å². The van der Waals surface area contributed by atoms with E-state index in [1.165, 1.54) is 11.6 Å². The van der Waals surface area contributed by atoms with Crippen molar-refractivity contribution in [1.82, 2.24) is 4.65 Å². The average molecular weight is 451 g/mol. The molecule has 5 rings (SSSR count). The fourth-order valence-electron chi connectivity index (χ4n) is 5.72. The summed E-state index contributed by atoms with van der Waals surface area (Å²) in [6.45, 7) is 2.60. The number of carboxylic acids is 1. The Hall–Kier alpha value is -3.32. The van der Waals surface area contributed by atoms with Crippen molar-refractivity contribution in [2.75, 3.05) is 6.54 Å². The zero-order valence-electron chi connectivity index (χ0n) is 18.6. The predicted octanol–water partition coefficient (Wildman–Crippen LogP) is 4.37. The second kappa shape index (κ2) is 7.92. The van der Waals surface area contributed by atoms with Crippen LogP contribution < -0.4 is 9.38 Å². The summed E-state index contributed by atoms with van der Waals surface area (Å²) in [5.74, 6) is -0.972. The maximum atomic E-state index is 12.6. The molecule has 0 saturated carbocycles. The Morgan fingerprint density at radius 3 is 2.82 bits per heavy atom. The number of hydroxylamine groups is 2. The number of carboxylic acid groups (broad SMARTS) is 1. The first-order valence-corrected chi connectivity index (χ1v) is 11.5. The fraction of sp³-hybridized carbons (Fsp3) is 0.385. The van der Waals surface area contributed by atoms with Crippen LogP contribution in [0, 0.1) is 0 Å². The number of phenols is 1. The number of carbonyl (C=O) groups is 2. The molecular weight excluding hydrogens is 422 g/mol. The first-order chi connectivity index (χ1) is 15.8. The van der Waals surface area contributed by atoms with Crippen molar-refractivity contribution in [3.8, 4) is 11.5 Å². The van der Waals surface area contributed by atoms with Gasteiger partial charge in [0.15, 0.2) is 5.69 Å². The van der Waals surface area contributed by atoms with E-state index in [-0.39, 0.29) is 28.9 Å². The number of carbonyl (C=O) groups excluding carboxylic acids is 1. The van der Waals surface area contributed by atoms with Crippen molar-refractivity contribution in [3.05, 3.63) is 59.7 Å². The third-order valence-corrected chi connectivity index (χ3v) is 7.19. The molecule has 33 heavy (non-hydrogen) atoms. The van der Waals surface area contributed by atoms with E-state index in [2.05, 4.69) is 12.1 Å². The number of hydrogen-bond acceptors (Lipinski definition) is 5. The van der Waals surface area contributed by atoms with Gasteiger partial charge < -0.3 is 14.9 Å². The van der Waals surface area contributed by atoms with E-state index < -0.39 is 11.5 Å². The van der Waals surface area contributed by atoms with Crippen LogP contribution in [0.2, 0.25) is 0 Å². The topological polar surface area (TPSA) is 93.1 Å². The summed E-state index contributed by atoms with van der Waals surface area (Å²) >= 11 is 0. The van der Waals surface area contributed by atoms with Gasteiger partial charge >= 0.3 is 11.9 Å². The minimum Gasteiger partial charge on any atom is -0.507 e. The van der Waals surface area contributed by atoms with Crippen molar-refractivity contribution in [2.45, 2.75) is 57.1 Å². The molecule has 2 aromatic rings. The van der Waals surface area contributed by atoms with Crippen molar-refractivity contribution in [3.63, 3.8) is 0 Å². The van der Waals surface area contributed by atoms with Gasteiger partial charge in [0.05, 0.1) is 11.7 Å². The lowest BCUT2D eigenvalue weighted by Gasteiger charge is -2.53. The third-order valence-electron chi connectivity index (χ3n) is 7.19. The largest absolute Gasteiger partial charge is 0.507 e. The number of phenolic OH excluding ortho intramolecular Hbond substituents is 1. The lowest BCUT2D eigenvalue weighted by Crippen LogP contribution is -2.78. The van der Waals surface area contributed by atoms with Gasteiger partial charge in [-0.25, -0.2) is 9.59 Å². The Balaban J connectivity index is 1.41. The summed E-state index contributed by atoms with van der Waals surface area (Å²) in [5.41, 5.74) is 1.98. The Morgan fingerprint density at radius 2 is 2.09 bits per heavy atom. The van der Waals surface area contributed by atoms with Gasteiger partial charge in [0.25, 0.3) is 0 Å². The fourth-order valence-corrected chi connectivity index (χ4v) is 5.72. The molecule has 0 bridgehead atoms. The first kappa shape index (κ1) is 21.5. The highest BCUT2D eigenvalue weighted by atomic mass is 16.8. The van der Waals surface area contributed by atoms with Crippen LogP contribution in [-0.4, -0.2) is 40.3 Å². The first-order valence-electron chi connectivity index (χ1n) is 11.5. The van der Waals surface area contributed by atoms with Crippen LogP contribution in [0.15, 0.2) is 48.5 Å². The van der Waals surface area contributed by atoms with Gasteiger partial charge in [-0.3, -0.25) is 4.84 Å². The van der Waals surface area contributed by atoms with Gasteiger partial charge in [0.1, 0.15) is 18.0 Å². The number of ether oxygens (including phenoxy) is 1. The van der Waals surface area contributed by atoms with Gasteiger partial charge in [-0.15, -0.1) is 0 Å². The summed E-state index contributed by atoms with van der Waals surface area (Å²) in [7, 11) is 0. The van der Waals surface area contributed by atoms with Crippen molar-refractivity contribution >= 4 is 23.2 Å². The smallest absolute Gasteiger partial charge is 0.431 e. The molecule has 7 heteroatoms. The van der Waals surface area contributed by atoms with Gasteiger partial charge in [-0.1, -0.05) is 35.0 Å². The zero-order valence-corrected chi connectivity index (χ0v) is 18.6. The van der Waals surface area contributed by atoms with Crippen LogP contribution in [0.1, 0.15) is 50.2 Å². The van der Waals surface area contributed by atoms with E-state index in [9.17, 15) is 19.8 Å². The molecule has 2 fully saturated rings. The monoisotopic (exact) mass is 450 g/mol. The molecule has 2 aromatic carbocycles. The molecule has 2 saturated heterocycles. The molecule has 3 aliphatic heterocycles. The molecule has 0 radical (unpaired) electrons. The van der Waals surface area contributed by atoms with E-state index in [0.29, 0.717) is 35.5 Å². The van der Waals surface area contributed by atoms with Gasteiger partial charge in [-0.05, 0) is 37.3 Å². The van der Waals surface area contributed by atoms with Crippen molar-refractivity contribution in [1.29, 1.82) is 0 Å². The minimum absolute atomic E-state index is 0.0191. The molecule has 0 aromatic heterocycles. The standard InChI is InChI=1S/C26H27NO6/c1-17(7-5-10-18-8-3-2-4-9-18)32-20-14-21-24(22(28)15-20)19(13-23(29)30)16-26-11-6-12-27(21,26)33-25(26)31/h2-4,8-9,13-15,17H,5-7,10-12,16H2,1H3,(H-,28,29,30)/p+1/t17-,26+,27?/m1/s1. The highest BCUT2D eigenvalue weighted by Gasteiger charge is 2.78. The molecular formula is C26H28NO6+. The summed E-state index contributed by atoms with van der Waals surface area (Å²) in [6, 6.07) is 13.6. The van der Waals surface area contributed by atoms with Crippen LogP contribution in [0.25, 0.3) is 5.57 Å². The average Bonchev–Trinajstić information content (AvgIpc) is 3.08. The number of quaternary nitrogens is 1. The van der Waals surface area contributed by atoms with E-state index in [1.54, 1.807) is 0 Å². The third kappa shape index (κ3) is 3.38. The molecule has 172 valence electrons. The highest BCUT2D eigenvalue weighted by Crippen LogP contribution is 2.61. The van der Waals surface area contributed by atoms with Crippen molar-refractivity contribution < 1.29 is 29.4 Å². The number of aliphatic carboxylic acids is 1. The Kier molecular flexibility index (Phi) is 5.16. The van der Waals surface area contributed by atoms with Gasteiger partial charge in [0, 0.05) is 37.5 Å². The number of rotatable bonds is 7.